The number of anilines is 1. The monoisotopic (exact) mass is 637 g/mol. The maximum Gasteiger partial charge on any atom is 0.418 e. The van der Waals surface area contributed by atoms with Crippen LogP contribution in [-0.4, -0.2) is 89.5 Å². The van der Waals surface area contributed by atoms with Crippen LogP contribution < -0.4 is 10.6 Å². The summed E-state index contributed by atoms with van der Waals surface area (Å²) in [6, 6.07) is 10.2. The van der Waals surface area contributed by atoms with E-state index in [0.29, 0.717) is 29.8 Å². The van der Waals surface area contributed by atoms with Crippen LogP contribution in [0, 0.1) is 5.82 Å². The van der Waals surface area contributed by atoms with Crippen LogP contribution in [0.5, 0.6) is 0 Å². The third-order valence-electron chi connectivity index (χ3n) is 8.46. The van der Waals surface area contributed by atoms with Gasteiger partial charge in [-0.15, -0.1) is 0 Å². The van der Waals surface area contributed by atoms with Gasteiger partial charge in [0.2, 0.25) is 11.5 Å². The topological polar surface area (TPSA) is 138 Å². The molecule has 3 aliphatic rings. The van der Waals surface area contributed by atoms with Crippen molar-refractivity contribution in [2.75, 3.05) is 38.5 Å². The molecule has 5 rings (SSSR count). The third kappa shape index (κ3) is 7.14. The van der Waals surface area contributed by atoms with Crippen LogP contribution in [0.2, 0.25) is 0 Å². The van der Waals surface area contributed by atoms with Gasteiger partial charge in [0.25, 0.3) is 5.91 Å². The molecule has 0 saturated carbocycles. The lowest BCUT2D eigenvalue weighted by atomic mass is 9.94. The van der Waals surface area contributed by atoms with Crippen LogP contribution in [0.3, 0.4) is 0 Å². The highest BCUT2D eigenvalue weighted by Gasteiger charge is 2.58. The van der Waals surface area contributed by atoms with Gasteiger partial charge in [-0.1, -0.05) is 18.2 Å². The Morgan fingerprint density at radius 1 is 1.11 bits per heavy atom. The number of rotatable bonds is 9. The minimum Gasteiger partial charge on any atom is -0.459 e. The molecular weight excluding hydrogens is 597 g/mol. The van der Waals surface area contributed by atoms with Gasteiger partial charge in [-0.25, -0.2) is 18.9 Å². The second-order valence-electron chi connectivity index (χ2n) is 12.9. The molecule has 46 heavy (non-hydrogen) atoms. The Morgan fingerprint density at radius 2 is 1.85 bits per heavy atom. The molecule has 2 saturated heterocycles. The van der Waals surface area contributed by atoms with Gasteiger partial charge in [0.15, 0.2) is 0 Å². The number of carbonyl (C=O) groups is 5. The number of likely N-dealkylation sites (tertiary alicyclic amines) is 1. The van der Waals surface area contributed by atoms with Gasteiger partial charge < -0.3 is 25.0 Å². The standard InChI is InChI=1S/C33H40FN5O7/c1-32(2,3)45-28(41)20-37-15-5-6-25(37)18-38(17-21-7-9-23(34)10-8-21)27(40)19-39-29(42)33(46-31(39)44)14-13-22-16-24(11-12-26(22)33)36-30(43)35-4/h7-12,16,25H,5-6,13-15,17-20H2,1-4H3,(H2,35,36,43). The molecule has 5 amide bonds. The minimum atomic E-state index is -1.55. The van der Waals surface area contributed by atoms with E-state index in [4.69, 9.17) is 9.47 Å². The Labute approximate surface area is 267 Å². The Morgan fingerprint density at radius 3 is 2.54 bits per heavy atom. The lowest BCUT2D eigenvalue weighted by Gasteiger charge is -2.32. The molecule has 13 heteroatoms. The second-order valence-corrected chi connectivity index (χ2v) is 12.9. The van der Waals surface area contributed by atoms with E-state index in [-0.39, 0.29) is 38.1 Å². The van der Waals surface area contributed by atoms with Gasteiger partial charge in [-0.3, -0.25) is 19.3 Å². The number of esters is 1. The number of nitrogens with one attached hydrogen (secondary N) is 2. The van der Waals surface area contributed by atoms with Crippen LogP contribution in [0.4, 0.5) is 19.7 Å². The zero-order chi connectivity index (χ0) is 33.2. The quantitative estimate of drug-likeness (QED) is 0.399. The summed E-state index contributed by atoms with van der Waals surface area (Å²) in [6.45, 7) is 5.93. The average molecular weight is 638 g/mol. The van der Waals surface area contributed by atoms with Gasteiger partial charge in [0, 0.05) is 43.9 Å². The smallest absolute Gasteiger partial charge is 0.418 e. The predicted molar refractivity (Wildman–Crippen MR) is 165 cm³/mol. The predicted octanol–water partition coefficient (Wildman–Crippen LogP) is 3.53. The molecule has 2 unspecified atom stereocenters. The van der Waals surface area contributed by atoms with Gasteiger partial charge in [-0.2, -0.15) is 0 Å². The highest BCUT2D eigenvalue weighted by atomic mass is 19.1. The summed E-state index contributed by atoms with van der Waals surface area (Å²) in [4.78, 5) is 69.6. The zero-order valence-electron chi connectivity index (χ0n) is 26.6. The first-order valence-electron chi connectivity index (χ1n) is 15.4. The maximum atomic E-state index is 13.9. The van der Waals surface area contributed by atoms with E-state index in [2.05, 4.69) is 10.6 Å². The highest BCUT2D eigenvalue weighted by Crippen LogP contribution is 2.46. The fourth-order valence-electron chi connectivity index (χ4n) is 6.33. The summed E-state index contributed by atoms with van der Waals surface area (Å²) in [5, 5.41) is 5.17. The Hall–Kier alpha value is -4.52. The second kappa shape index (κ2) is 13.1. The molecule has 0 bridgehead atoms. The number of benzene rings is 2. The number of imide groups is 1. The fourth-order valence-corrected chi connectivity index (χ4v) is 6.33. The number of amides is 5. The highest BCUT2D eigenvalue weighted by molar-refractivity contribution is 6.06. The third-order valence-corrected chi connectivity index (χ3v) is 8.46. The minimum absolute atomic E-state index is 0.0692. The molecule has 1 spiro atoms. The first-order valence-corrected chi connectivity index (χ1v) is 15.4. The Bertz CT molecular complexity index is 1530. The number of aryl methyl sites for hydroxylation is 1. The van der Waals surface area contributed by atoms with Crippen molar-refractivity contribution in [3.8, 4) is 0 Å². The van der Waals surface area contributed by atoms with Gasteiger partial charge in [0.05, 0.1) is 6.54 Å². The summed E-state index contributed by atoms with van der Waals surface area (Å²) in [7, 11) is 1.50. The molecule has 2 atom stereocenters. The molecule has 12 nitrogen and oxygen atoms in total. The van der Waals surface area contributed by atoms with Crippen molar-refractivity contribution in [1.82, 2.24) is 20.0 Å². The van der Waals surface area contributed by atoms with Crippen molar-refractivity contribution in [2.45, 2.75) is 70.2 Å². The number of urea groups is 1. The molecule has 2 N–H and O–H groups in total. The van der Waals surface area contributed by atoms with Crippen molar-refractivity contribution in [3.63, 3.8) is 0 Å². The fraction of sp³-hybridized carbons (Fsp3) is 0.485. The summed E-state index contributed by atoms with van der Waals surface area (Å²) >= 11 is 0. The average Bonchev–Trinajstić information content (AvgIpc) is 3.65. The van der Waals surface area contributed by atoms with Gasteiger partial charge >= 0.3 is 18.1 Å². The van der Waals surface area contributed by atoms with Crippen molar-refractivity contribution < 1.29 is 37.8 Å². The number of nitrogens with zero attached hydrogens (tertiary/aromatic N) is 3. The molecule has 2 aromatic carbocycles. The largest absolute Gasteiger partial charge is 0.459 e. The molecule has 0 radical (unpaired) electrons. The molecule has 2 heterocycles. The summed E-state index contributed by atoms with van der Waals surface area (Å²) in [5.41, 5.74) is 0.306. The van der Waals surface area contributed by atoms with Crippen LogP contribution in [-0.2, 0) is 42.4 Å². The number of fused-ring (bicyclic) bond motifs is 2. The summed E-state index contributed by atoms with van der Waals surface area (Å²) in [5.74, 6) is -1.88. The van der Waals surface area contributed by atoms with Crippen LogP contribution in [0.25, 0.3) is 0 Å². The molecular formula is C33H40FN5O7. The van der Waals surface area contributed by atoms with E-state index in [1.165, 1.54) is 24.1 Å². The normalized spacial score (nSPS) is 20.9. The van der Waals surface area contributed by atoms with Gasteiger partial charge in [-0.05, 0) is 82.0 Å². The zero-order valence-corrected chi connectivity index (χ0v) is 26.6. The van der Waals surface area contributed by atoms with E-state index in [1.807, 2.05) is 4.90 Å². The van der Waals surface area contributed by atoms with Crippen LogP contribution in [0.1, 0.15) is 56.7 Å². The van der Waals surface area contributed by atoms with Crippen LogP contribution >= 0.6 is 0 Å². The number of hydrogen-bond acceptors (Lipinski definition) is 8. The van der Waals surface area contributed by atoms with E-state index < -0.39 is 47.5 Å². The lowest BCUT2D eigenvalue weighted by Crippen LogP contribution is -2.49. The Kier molecular flexibility index (Phi) is 9.34. The van der Waals surface area contributed by atoms with Gasteiger partial charge in [0.1, 0.15) is 18.0 Å². The maximum absolute atomic E-state index is 13.9. The number of hydrogen-bond donors (Lipinski definition) is 2. The van der Waals surface area contributed by atoms with E-state index in [9.17, 15) is 28.4 Å². The van der Waals surface area contributed by atoms with E-state index in [1.54, 1.807) is 51.1 Å². The molecule has 1 aliphatic carbocycles. The van der Waals surface area contributed by atoms with Crippen molar-refractivity contribution in [2.24, 2.45) is 0 Å². The number of carbonyl (C=O) groups excluding carboxylic acids is 5. The van der Waals surface area contributed by atoms with E-state index in [0.717, 1.165) is 23.3 Å². The van der Waals surface area contributed by atoms with Crippen molar-refractivity contribution >= 4 is 35.6 Å². The summed E-state index contributed by atoms with van der Waals surface area (Å²) < 4.78 is 24.9. The summed E-state index contributed by atoms with van der Waals surface area (Å²) in [6.07, 6.45) is 1.29. The SMILES string of the molecule is CNC(=O)Nc1ccc2c(c1)CCC21OC(=O)N(CC(=O)N(Cc2ccc(F)cc2)CC2CCCN2CC(=O)OC(C)(C)C)C1=O. The number of ether oxygens (including phenoxy) is 2. The Balaban J connectivity index is 1.33. The first kappa shape index (κ1) is 32.9. The van der Waals surface area contributed by atoms with Crippen LogP contribution in [0.15, 0.2) is 42.5 Å². The molecule has 0 aromatic heterocycles. The first-order chi connectivity index (χ1) is 21.8. The molecule has 246 valence electrons. The van der Waals surface area contributed by atoms with E-state index >= 15 is 0 Å². The molecule has 2 aromatic rings. The molecule has 2 aliphatic heterocycles. The lowest BCUT2D eigenvalue weighted by molar-refractivity contribution is -0.156. The number of halogens is 1. The molecule has 2 fully saturated rings. The van der Waals surface area contributed by atoms with Crippen molar-refractivity contribution in [3.05, 3.63) is 65.0 Å². The van der Waals surface area contributed by atoms with Crippen molar-refractivity contribution in [1.29, 1.82) is 0 Å².